The summed E-state index contributed by atoms with van der Waals surface area (Å²) in [7, 11) is 3.86. The van der Waals surface area contributed by atoms with Crippen molar-refractivity contribution < 1.29 is 4.79 Å². The van der Waals surface area contributed by atoms with Crippen molar-refractivity contribution in [1.82, 2.24) is 19.7 Å². The second kappa shape index (κ2) is 6.08. The molecule has 0 unspecified atom stereocenters. The molecule has 23 heavy (non-hydrogen) atoms. The molecular formula is C17H19N5O. The van der Waals surface area contributed by atoms with Gasteiger partial charge in [-0.05, 0) is 24.6 Å². The van der Waals surface area contributed by atoms with Crippen molar-refractivity contribution in [3.05, 3.63) is 59.7 Å². The molecule has 1 N–H and O–H groups in total. The predicted octanol–water partition coefficient (Wildman–Crippen LogP) is 2.03. The minimum absolute atomic E-state index is 0.193. The van der Waals surface area contributed by atoms with Crippen LogP contribution in [-0.2, 0) is 6.54 Å². The molecule has 0 aliphatic rings. The zero-order chi connectivity index (χ0) is 16.4. The molecule has 3 aromatic rings. The first-order valence-electron chi connectivity index (χ1n) is 7.40. The molecule has 0 aliphatic carbocycles. The van der Waals surface area contributed by atoms with Crippen LogP contribution in [0.2, 0.25) is 0 Å². The van der Waals surface area contributed by atoms with Crippen LogP contribution in [0.5, 0.6) is 0 Å². The van der Waals surface area contributed by atoms with Gasteiger partial charge in [0.1, 0.15) is 17.2 Å². The smallest absolute Gasteiger partial charge is 0.271 e. The van der Waals surface area contributed by atoms with E-state index < -0.39 is 0 Å². The number of rotatable bonds is 4. The Bertz CT molecular complexity index is 853. The van der Waals surface area contributed by atoms with Crippen LogP contribution in [0.4, 0.5) is 5.82 Å². The van der Waals surface area contributed by atoms with Gasteiger partial charge in [0.05, 0.1) is 0 Å². The Hall–Kier alpha value is -2.89. The summed E-state index contributed by atoms with van der Waals surface area (Å²) in [6.07, 6.45) is 5.37. The van der Waals surface area contributed by atoms with Crippen LogP contribution in [0.3, 0.4) is 0 Å². The van der Waals surface area contributed by atoms with Gasteiger partial charge in [-0.15, -0.1) is 0 Å². The first kappa shape index (κ1) is 15.0. The van der Waals surface area contributed by atoms with E-state index in [2.05, 4.69) is 15.3 Å². The van der Waals surface area contributed by atoms with E-state index in [0.717, 1.165) is 22.6 Å². The number of fused-ring (bicyclic) bond motifs is 1. The number of nitrogens with one attached hydrogen (secondary N) is 1. The number of pyridine rings is 2. The zero-order valence-electron chi connectivity index (χ0n) is 13.4. The maximum Gasteiger partial charge on any atom is 0.271 e. The largest absolute Gasteiger partial charge is 0.362 e. The van der Waals surface area contributed by atoms with Gasteiger partial charge in [-0.2, -0.15) is 0 Å². The number of anilines is 1. The quantitative estimate of drug-likeness (QED) is 0.801. The molecular weight excluding hydrogens is 290 g/mol. The maximum absolute atomic E-state index is 12.4. The van der Waals surface area contributed by atoms with Gasteiger partial charge in [-0.25, -0.2) is 9.97 Å². The lowest BCUT2D eigenvalue weighted by atomic mass is 10.2. The van der Waals surface area contributed by atoms with E-state index in [9.17, 15) is 4.79 Å². The normalized spacial score (nSPS) is 10.7. The molecule has 1 amide bonds. The van der Waals surface area contributed by atoms with Crippen LogP contribution in [0.1, 0.15) is 21.6 Å². The van der Waals surface area contributed by atoms with Crippen molar-refractivity contribution >= 4 is 17.4 Å². The number of hydrogen-bond acceptors (Lipinski definition) is 4. The molecule has 0 bridgehead atoms. The van der Waals surface area contributed by atoms with Crippen LogP contribution in [-0.4, -0.2) is 34.4 Å². The van der Waals surface area contributed by atoms with Crippen LogP contribution in [0.15, 0.2) is 42.9 Å². The third-order valence-electron chi connectivity index (χ3n) is 3.64. The number of hydrogen-bond donors (Lipinski definition) is 1. The minimum Gasteiger partial charge on any atom is -0.362 e. The molecule has 0 spiro atoms. The third kappa shape index (κ3) is 3.01. The molecule has 0 fully saturated rings. The van der Waals surface area contributed by atoms with Crippen molar-refractivity contribution in [3.8, 4) is 0 Å². The molecule has 0 saturated carbocycles. The minimum atomic E-state index is -0.193. The lowest BCUT2D eigenvalue weighted by molar-refractivity contribution is 0.0946. The number of amides is 1. The van der Waals surface area contributed by atoms with E-state index >= 15 is 0 Å². The molecule has 0 atom stereocenters. The number of carbonyl (C=O) groups is 1. The Kier molecular flexibility index (Phi) is 3.97. The fraction of sp³-hybridized carbons (Fsp3) is 0.235. The Labute approximate surface area is 134 Å². The summed E-state index contributed by atoms with van der Waals surface area (Å²) in [6.45, 7) is 2.38. The summed E-state index contributed by atoms with van der Waals surface area (Å²) in [5, 5.41) is 2.91. The van der Waals surface area contributed by atoms with Gasteiger partial charge in [0.15, 0.2) is 0 Å². The van der Waals surface area contributed by atoms with Gasteiger partial charge in [0.25, 0.3) is 5.91 Å². The fourth-order valence-corrected chi connectivity index (χ4v) is 2.50. The Morgan fingerprint density at radius 2 is 2.13 bits per heavy atom. The molecule has 0 radical (unpaired) electrons. The van der Waals surface area contributed by atoms with E-state index in [0.29, 0.717) is 12.2 Å². The van der Waals surface area contributed by atoms with Crippen LogP contribution >= 0.6 is 0 Å². The van der Waals surface area contributed by atoms with Gasteiger partial charge in [0, 0.05) is 44.8 Å². The van der Waals surface area contributed by atoms with E-state index in [1.54, 1.807) is 12.4 Å². The van der Waals surface area contributed by atoms with E-state index in [1.807, 2.05) is 60.8 Å². The van der Waals surface area contributed by atoms with Crippen molar-refractivity contribution in [1.29, 1.82) is 0 Å². The second-order valence-electron chi connectivity index (χ2n) is 5.61. The summed E-state index contributed by atoms with van der Waals surface area (Å²) in [5.74, 6) is 0.653. The molecule has 3 rings (SSSR count). The van der Waals surface area contributed by atoms with E-state index in [4.69, 9.17) is 0 Å². The fourth-order valence-electron chi connectivity index (χ4n) is 2.50. The van der Waals surface area contributed by atoms with Crippen LogP contribution < -0.4 is 10.2 Å². The number of carbonyl (C=O) groups excluding carboxylic acids is 1. The van der Waals surface area contributed by atoms with E-state index in [-0.39, 0.29) is 5.91 Å². The molecule has 118 valence electrons. The highest BCUT2D eigenvalue weighted by atomic mass is 16.1. The maximum atomic E-state index is 12.4. The topological polar surface area (TPSA) is 62.5 Å². The monoisotopic (exact) mass is 309 g/mol. The molecule has 0 aromatic carbocycles. The molecule has 3 heterocycles. The lowest BCUT2D eigenvalue weighted by Gasteiger charge is -2.15. The molecule has 0 aliphatic heterocycles. The average molecular weight is 309 g/mol. The molecule has 6 nitrogen and oxygen atoms in total. The van der Waals surface area contributed by atoms with Crippen LogP contribution in [0, 0.1) is 6.92 Å². The first-order chi connectivity index (χ1) is 11.1. The summed E-state index contributed by atoms with van der Waals surface area (Å²) < 4.78 is 1.86. The lowest BCUT2D eigenvalue weighted by Crippen LogP contribution is -2.24. The van der Waals surface area contributed by atoms with Crippen LogP contribution in [0.25, 0.3) is 5.65 Å². The van der Waals surface area contributed by atoms with E-state index in [1.165, 1.54) is 0 Å². The highest BCUT2D eigenvalue weighted by Crippen LogP contribution is 2.14. The first-order valence-corrected chi connectivity index (χ1v) is 7.40. The summed E-state index contributed by atoms with van der Waals surface area (Å²) in [6, 6.07) is 7.73. The number of nitrogens with zero attached hydrogens (tertiary/aromatic N) is 4. The van der Waals surface area contributed by atoms with Crippen molar-refractivity contribution in [2.75, 3.05) is 19.0 Å². The molecule has 3 aromatic heterocycles. The molecule has 0 saturated heterocycles. The standard InChI is InChI=1S/C17H19N5O/c1-12-6-5-9-22-11-14(20-15(12)22)17(23)19-10-13-7-4-8-18-16(13)21(2)3/h4-9,11H,10H2,1-3H3,(H,19,23). The Morgan fingerprint density at radius 1 is 1.30 bits per heavy atom. The van der Waals surface area contributed by atoms with Gasteiger partial charge < -0.3 is 14.6 Å². The van der Waals surface area contributed by atoms with Crippen molar-refractivity contribution in [2.45, 2.75) is 13.5 Å². The Morgan fingerprint density at radius 3 is 2.87 bits per heavy atom. The van der Waals surface area contributed by atoms with Gasteiger partial charge in [0.2, 0.25) is 0 Å². The SMILES string of the molecule is Cc1cccn2cc(C(=O)NCc3cccnc3N(C)C)nc12. The highest BCUT2D eigenvalue weighted by molar-refractivity contribution is 5.93. The highest BCUT2D eigenvalue weighted by Gasteiger charge is 2.13. The average Bonchev–Trinajstić information content (AvgIpc) is 2.98. The van der Waals surface area contributed by atoms with Gasteiger partial charge in [-0.3, -0.25) is 4.79 Å². The van der Waals surface area contributed by atoms with Gasteiger partial charge in [-0.1, -0.05) is 12.1 Å². The summed E-state index contributed by atoms with van der Waals surface area (Å²) in [4.78, 5) is 23.0. The number of imidazole rings is 1. The predicted molar refractivity (Wildman–Crippen MR) is 89.7 cm³/mol. The van der Waals surface area contributed by atoms with Gasteiger partial charge >= 0.3 is 0 Å². The molecule has 6 heteroatoms. The third-order valence-corrected chi connectivity index (χ3v) is 3.64. The number of aryl methyl sites for hydroxylation is 1. The van der Waals surface area contributed by atoms with Crippen molar-refractivity contribution in [3.63, 3.8) is 0 Å². The van der Waals surface area contributed by atoms with Crippen molar-refractivity contribution in [2.24, 2.45) is 0 Å². The summed E-state index contributed by atoms with van der Waals surface area (Å²) >= 11 is 0. The Balaban J connectivity index is 1.78. The number of aromatic nitrogens is 3. The second-order valence-corrected chi connectivity index (χ2v) is 5.61. The zero-order valence-corrected chi connectivity index (χ0v) is 13.4. The summed E-state index contributed by atoms with van der Waals surface area (Å²) in [5.41, 5.74) is 3.21.